The lowest BCUT2D eigenvalue weighted by molar-refractivity contribution is -0.277. The van der Waals surface area contributed by atoms with Gasteiger partial charge >= 0.3 is 18.3 Å². The standard InChI is InChI=1S/C10H12F6O3/c1-5(2)8(18)19-4-3-6(9(11,12)13)7(17)10(14,15)16/h6-7,17H,1,3-4H2,2H3. The van der Waals surface area contributed by atoms with E-state index >= 15 is 0 Å². The van der Waals surface area contributed by atoms with Gasteiger partial charge in [-0.15, -0.1) is 0 Å². The van der Waals surface area contributed by atoms with Crippen LogP contribution in [0.1, 0.15) is 13.3 Å². The van der Waals surface area contributed by atoms with Crippen LogP contribution in [-0.4, -0.2) is 36.1 Å². The number of hydrogen-bond acceptors (Lipinski definition) is 3. The molecule has 0 saturated carbocycles. The van der Waals surface area contributed by atoms with Crippen molar-refractivity contribution in [2.75, 3.05) is 6.61 Å². The zero-order valence-corrected chi connectivity index (χ0v) is 9.81. The maximum atomic E-state index is 12.4. The molecule has 9 heteroatoms. The van der Waals surface area contributed by atoms with Crippen LogP contribution >= 0.6 is 0 Å². The molecule has 2 unspecified atom stereocenters. The molecule has 0 heterocycles. The number of hydrogen-bond donors (Lipinski definition) is 1. The quantitative estimate of drug-likeness (QED) is 0.481. The smallest absolute Gasteiger partial charge is 0.414 e. The van der Waals surface area contributed by atoms with Crippen LogP contribution in [0.2, 0.25) is 0 Å². The van der Waals surface area contributed by atoms with E-state index in [1.807, 2.05) is 0 Å². The molecule has 0 aromatic heterocycles. The minimum atomic E-state index is -5.40. The van der Waals surface area contributed by atoms with E-state index in [0.29, 0.717) is 0 Å². The van der Waals surface area contributed by atoms with Gasteiger partial charge in [0.1, 0.15) is 0 Å². The third-order valence-electron chi connectivity index (χ3n) is 2.15. The van der Waals surface area contributed by atoms with Crippen LogP contribution in [0.4, 0.5) is 26.3 Å². The lowest BCUT2D eigenvalue weighted by Crippen LogP contribution is -2.44. The average molecular weight is 294 g/mol. The highest BCUT2D eigenvalue weighted by Crippen LogP contribution is 2.38. The molecule has 0 spiro atoms. The molecule has 1 N–H and O–H groups in total. The molecule has 19 heavy (non-hydrogen) atoms. The Balaban J connectivity index is 4.65. The Hall–Kier alpha value is -1.25. The predicted molar refractivity (Wildman–Crippen MR) is 52.0 cm³/mol. The number of rotatable bonds is 5. The minimum Gasteiger partial charge on any atom is -0.462 e. The van der Waals surface area contributed by atoms with E-state index in [0.717, 1.165) is 0 Å². The largest absolute Gasteiger partial charge is 0.462 e. The van der Waals surface area contributed by atoms with Crippen molar-refractivity contribution in [1.29, 1.82) is 0 Å². The second-order valence-electron chi connectivity index (χ2n) is 3.84. The van der Waals surface area contributed by atoms with Gasteiger partial charge in [-0.1, -0.05) is 6.58 Å². The van der Waals surface area contributed by atoms with Crippen LogP contribution in [-0.2, 0) is 9.53 Å². The number of carbonyl (C=O) groups is 1. The number of aliphatic hydroxyl groups is 1. The lowest BCUT2D eigenvalue weighted by Gasteiger charge is -2.26. The van der Waals surface area contributed by atoms with Crippen molar-refractivity contribution in [3.8, 4) is 0 Å². The lowest BCUT2D eigenvalue weighted by atomic mass is 9.98. The van der Waals surface area contributed by atoms with E-state index in [2.05, 4.69) is 11.3 Å². The molecule has 0 fully saturated rings. The summed E-state index contributed by atoms with van der Waals surface area (Å²) < 4.78 is 77.6. The molecule has 0 aromatic carbocycles. The monoisotopic (exact) mass is 294 g/mol. The average Bonchev–Trinajstić information content (AvgIpc) is 2.19. The zero-order chi connectivity index (χ0) is 15.4. The van der Waals surface area contributed by atoms with Crippen molar-refractivity contribution in [3.05, 3.63) is 12.2 Å². The van der Waals surface area contributed by atoms with E-state index in [1.54, 1.807) is 0 Å². The maximum absolute atomic E-state index is 12.4. The first kappa shape index (κ1) is 17.8. The summed E-state index contributed by atoms with van der Waals surface area (Å²) in [6.45, 7) is 3.48. The van der Waals surface area contributed by atoms with Gasteiger partial charge in [-0.3, -0.25) is 0 Å². The van der Waals surface area contributed by atoms with E-state index in [9.17, 15) is 31.1 Å². The molecule has 0 saturated heterocycles. The number of aliphatic hydroxyl groups excluding tert-OH is 1. The number of halogens is 6. The zero-order valence-electron chi connectivity index (χ0n) is 9.81. The molecule has 0 aromatic rings. The molecule has 0 rings (SSSR count). The van der Waals surface area contributed by atoms with Crippen molar-refractivity contribution in [3.63, 3.8) is 0 Å². The number of alkyl halides is 6. The van der Waals surface area contributed by atoms with Crippen molar-refractivity contribution in [2.45, 2.75) is 31.8 Å². The molecule has 0 aliphatic rings. The van der Waals surface area contributed by atoms with Gasteiger partial charge in [0.2, 0.25) is 0 Å². The molecule has 0 amide bonds. The Morgan fingerprint density at radius 1 is 1.21 bits per heavy atom. The summed E-state index contributed by atoms with van der Waals surface area (Å²) in [5.41, 5.74) is -0.0973. The SMILES string of the molecule is C=C(C)C(=O)OCCC(C(O)C(F)(F)F)C(F)(F)F. The van der Waals surface area contributed by atoms with Crippen LogP contribution in [0.3, 0.4) is 0 Å². The third-order valence-corrected chi connectivity index (χ3v) is 2.15. The van der Waals surface area contributed by atoms with Gasteiger partial charge < -0.3 is 9.84 Å². The van der Waals surface area contributed by atoms with Gasteiger partial charge in [-0.25, -0.2) is 4.79 Å². The van der Waals surface area contributed by atoms with Crippen molar-refractivity contribution >= 4 is 5.97 Å². The highest BCUT2D eigenvalue weighted by Gasteiger charge is 2.54. The fraction of sp³-hybridized carbons (Fsp3) is 0.700. The summed E-state index contributed by atoms with van der Waals surface area (Å²) in [6, 6.07) is 0. The van der Waals surface area contributed by atoms with Gasteiger partial charge in [-0.05, 0) is 13.3 Å². The first-order valence-corrected chi connectivity index (χ1v) is 5.01. The van der Waals surface area contributed by atoms with Crippen molar-refractivity contribution in [2.24, 2.45) is 5.92 Å². The first-order valence-electron chi connectivity index (χ1n) is 5.01. The van der Waals surface area contributed by atoms with E-state index in [4.69, 9.17) is 5.11 Å². The van der Waals surface area contributed by atoms with Gasteiger partial charge in [-0.2, -0.15) is 26.3 Å². The number of carbonyl (C=O) groups excluding carboxylic acids is 1. The Kier molecular flexibility index (Phi) is 5.85. The molecular formula is C10H12F6O3. The summed E-state index contributed by atoms with van der Waals surface area (Å²) in [6.07, 6.45) is -15.4. The van der Waals surface area contributed by atoms with Gasteiger partial charge in [0.05, 0.1) is 12.5 Å². The third kappa shape index (κ3) is 5.95. The van der Waals surface area contributed by atoms with Gasteiger partial charge in [0, 0.05) is 5.57 Å². The molecule has 0 bridgehead atoms. The number of ether oxygens (including phenoxy) is 1. The topological polar surface area (TPSA) is 46.5 Å². The summed E-state index contributed by atoms with van der Waals surface area (Å²) in [7, 11) is 0. The van der Waals surface area contributed by atoms with Crippen LogP contribution < -0.4 is 0 Å². The van der Waals surface area contributed by atoms with Crippen LogP contribution in [0.5, 0.6) is 0 Å². The second kappa shape index (κ2) is 6.27. The fourth-order valence-electron chi connectivity index (χ4n) is 1.13. The van der Waals surface area contributed by atoms with Crippen LogP contribution in [0, 0.1) is 5.92 Å². The summed E-state index contributed by atoms with van der Waals surface area (Å²) >= 11 is 0. The molecule has 3 nitrogen and oxygen atoms in total. The Morgan fingerprint density at radius 3 is 2.00 bits per heavy atom. The fourth-order valence-corrected chi connectivity index (χ4v) is 1.13. The van der Waals surface area contributed by atoms with Gasteiger partial charge in [0.15, 0.2) is 6.10 Å². The highest BCUT2D eigenvalue weighted by molar-refractivity contribution is 5.86. The first-order chi connectivity index (χ1) is 8.37. The Morgan fingerprint density at radius 2 is 1.68 bits per heavy atom. The summed E-state index contributed by atoms with van der Waals surface area (Å²) in [4.78, 5) is 10.9. The molecule has 0 aliphatic heterocycles. The van der Waals surface area contributed by atoms with Gasteiger partial charge in [0.25, 0.3) is 0 Å². The van der Waals surface area contributed by atoms with Crippen LogP contribution in [0.25, 0.3) is 0 Å². The van der Waals surface area contributed by atoms with E-state index in [1.165, 1.54) is 6.92 Å². The summed E-state index contributed by atoms with van der Waals surface area (Å²) in [5, 5.41) is 8.65. The Labute approximate surface area is 104 Å². The van der Waals surface area contributed by atoms with E-state index < -0.39 is 43.4 Å². The normalized spacial score (nSPS) is 15.8. The molecule has 112 valence electrons. The molecule has 2 atom stereocenters. The Bertz CT molecular complexity index is 333. The van der Waals surface area contributed by atoms with Crippen molar-refractivity contribution in [1.82, 2.24) is 0 Å². The molecule has 0 aliphatic carbocycles. The summed E-state index contributed by atoms with van der Waals surface area (Å²) in [5.74, 6) is -4.06. The number of esters is 1. The highest BCUT2D eigenvalue weighted by atomic mass is 19.4. The molecule has 0 radical (unpaired) electrons. The van der Waals surface area contributed by atoms with E-state index in [-0.39, 0.29) is 5.57 Å². The predicted octanol–water partition coefficient (Wildman–Crippen LogP) is 2.60. The van der Waals surface area contributed by atoms with Crippen LogP contribution in [0.15, 0.2) is 12.2 Å². The second-order valence-corrected chi connectivity index (χ2v) is 3.84. The maximum Gasteiger partial charge on any atom is 0.414 e. The molecular weight excluding hydrogens is 282 g/mol. The minimum absolute atomic E-state index is 0.0973. The van der Waals surface area contributed by atoms with Crippen molar-refractivity contribution < 1.29 is 41.0 Å².